The van der Waals surface area contributed by atoms with Crippen LogP contribution in [0.1, 0.15) is 42.1 Å². The van der Waals surface area contributed by atoms with E-state index in [1.165, 1.54) is 7.11 Å². The highest BCUT2D eigenvalue weighted by molar-refractivity contribution is 5.99. The third-order valence-electron chi connectivity index (χ3n) is 4.18. The lowest BCUT2D eigenvalue weighted by molar-refractivity contribution is -0.144. The zero-order valence-corrected chi connectivity index (χ0v) is 13.1. The molecule has 0 radical (unpaired) electrons. The Balaban J connectivity index is 2.01. The van der Waals surface area contributed by atoms with Crippen molar-refractivity contribution in [2.45, 2.75) is 31.8 Å². The van der Waals surface area contributed by atoms with Gasteiger partial charge in [-0.05, 0) is 31.5 Å². The first-order valence-corrected chi connectivity index (χ1v) is 7.29. The zero-order chi connectivity index (χ0) is 16.8. The maximum Gasteiger partial charge on any atom is 0.337 e. The molecule has 2 heterocycles. The van der Waals surface area contributed by atoms with Crippen LogP contribution in [0.2, 0.25) is 0 Å². The molecule has 0 saturated carbocycles. The van der Waals surface area contributed by atoms with Gasteiger partial charge in [-0.15, -0.1) is 0 Å². The van der Waals surface area contributed by atoms with Crippen LogP contribution in [0.5, 0.6) is 0 Å². The zero-order valence-electron chi connectivity index (χ0n) is 13.1. The number of ether oxygens (including phenoxy) is 2. The van der Waals surface area contributed by atoms with Gasteiger partial charge in [-0.25, -0.2) is 9.59 Å². The van der Waals surface area contributed by atoms with Crippen LogP contribution in [-0.4, -0.2) is 30.6 Å². The minimum Gasteiger partial charge on any atom is -0.465 e. The molecule has 0 unspecified atom stereocenters. The van der Waals surface area contributed by atoms with Crippen LogP contribution >= 0.6 is 0 Å². The fourth-order valence-corrected chi connectivity index (χ4v) is 3.03. The molecule has 3 rings (SSSR count). The van der Waals surface area contributed by atoms with Crippen LogP contribution in [-0.2, 0) is 19.1 Å². The molecule has 1 N–H and O–H groups in total. The van der Waals surface area contributed by atoms with Gasteiger partial charge in [-0.3, -0.25) is 4.79 Å². The predicted octanol–water partition coefficient (Wildman–Crippen LogP) is 1.67. The van der Waals surface area contributed by atoms with E-state index in [-0.39, 0.29) is 18.2 Å². The molecule has 1 aromatic rings. The molecule has 6 heteroatoms. The van der Waals surface area contributed by atoms with E-state index in [2.05, 4.69) is 10.1 Å². The summed E-state index contributed by atoms with van der Waals surface area (Å²) in [5.74, 6) is -1.37. The quantitative estimate of drug-likeness (QED) is 0.840. The van der Waals surface area contributed by atoms with Crippen molar-refractivity contribution in [3.05, 3.63) is 46.7 Å². The van der Waals surface area contributed by atoms with Crippen molar-refractivity contribution in [3.63, 3.8) is 0 Å². The van der Waals surface area contributed by atoms with E-state index in [1.54, 1.807) is 38.1 Å². The average molecular weight is 315 g/mol. The Labute approximate surface area is 133 Å². The van der Waals surface area contributed by atoms with Crippen molar-refractivity contribution in [3.8, 4) is 0 Å². The van der Waals surface area contributed by atoms with Crippen molar-refractivity contribution in [1.29, 1.82) is 0 Å². The van der Waals surface area contributed by atoms with E-state index in [1.807, 2.05) is 0 Å². The standard InChI is InChI=1S/C17H17NO5/c1-17(2)14-13(16(21)23-17)11(8-12(19)18-14)9-4-6-10(7-5-9)15(20)22-3/h4-7,11H,8H2,1-3H3,(H,18,19)/t11-/m1/s1. The summed E-state index contributed by atoms with van der Waals surface area (Å²) < 4.78 is 10.0. The third-order valence-corrected chi connectivity index (χ3v) is 4.18. The summed E-state index contributed by atoms with van der Waals surface area (Å²) in [6, 6.07) is 6.72. The van der Waals surface area contributed by atoms with Gasteiger partial charge in [0.05, 0.1) is 23.9 Å². The lowest BCUT2D eigenvalue weighted by atomic mass is 9.82. The Kier molecular flexibility index (Phi) is 3.47. The molecule has 2 aliphatic rings. The highest BCUT2D eigenvalue weighted by Gasteiger charge is 2.47. The van der Waals surface area contributed by atoms with Gasteiger partial charge in [-0.1, -0.05) is 12.1 Å². The van der Waals surface area contributed by atoms with Crippen LogP contribution in [0, 0.1) is 0 Å². The second-order valence-electron chi connectivity index (χ2n) is 6.11. The van der Waals surface area contributed by atoms with Crippen LogP contribution in [0.15, 0.2) is 35.5 Å². The van der Waals surface area contributed by atoms with Gasteiger partial charge in [0.1, 0.15) is 5.60 Å². The fraction of sp³-hybridized carbons (Fsp3) is 0.353. The molecule has 0 aliphatic carbocycles. The first kappa shape index (κ1) is 15.3. The average Bonchev–Trinajstić information content (AvgIpc) is 2.75. The van der Waals surface area contributed by atoms with E-state index >= 15 is 0 Å². The molecule has 23 heavy (non-hydrogen) atoms. The summed E-state index contributed by atoms with van der Waals surface area (Å²) in [5.41, 5.74) is 1.38. The van der Waals surface area contributed by atoms with Crippen molar-refractivity contribution >= 4 is 17.8 Å². The summed E-state index contributed by atoms with van der Waals surface area (Å²) in [6.07, 6.45) is 0.168. The van der Waals surface area contributed by atoms with E-state index in [4.69, 9.17) is 4.74 Å². The molecule has 0 saturated heterocycles. The molecule has 0 aromatic heterocycles. The van der Waals surface area contributed by atoms with Crippen molar-refractivity contribution in [2.24, 2.45) is 0 Å². The van der Waals surface area contributed by atoms with E-state index in [9.17, 15) is 14.4 Å². The number of hydrogen-bond acceptors (Lipinski definition) is 5. The first-order valence-electron chi connectivity index (χ1n) is 7.29. The van der Waals surface area contributed by atoms with E-state index in [0.717, 1.165) is 5.56 Å². The lowest BCUT2D eigenvalue weighted by Gasteiger charge is -2.27. The monoisotopic (exact) mass is 315 g/mol. The minimum absolute atomic E-state index is 0.155. The Bertz CT molecular complexity index is 730. The molecule has 1 amide bonds. The summed E-state index contributed by atoms with van der Waals surface area (Å²) in [4.78, 5) is 35.8. The number of esters is 2. The summed E-state index contributed by atoms with van der Waals surface area (Å²) in [5, 5.41) is 2.76. The molecule has 1 atom stereocenters. The SMILES string of the molecule is COC(=O)c1ccc([C@H]2CC(=O)NC3=C2C(=O)OC3(C)C)cc1. The molecule has 120 valence electrons. The van der Waals surface area contributed by atoms with Crippen LogP contribution < -0.4 is 5.32 Å². The minimum atomic E-state index is -0.841. The Hall–Kier alpha value is -2.63. The highest BCUT2D eigenvalue weighted by Crippen LogP contribution is 2.42. The molecule has 0 spiro atoms. The fourth-order valence-electron chi connectivity index (χ4n) is 3.03. The normalized spacial score (nSPS) is 22.3. The lowest BCUT2D eigenvalue weighted by Crippen LogP contribution is -2.38. The summed E-state index contributed by atoms with van der Waals surface area (Å²) >= 11 is 0. The maximum absolute atomic E-state index is 12.2. The number of nitrogens with one attached hydrogen (secondary N) is 1. The van der Waals surface area contributed by atoms with Crippen LogP contribution in [0.3, 0.4) is 0 Å². The number of carbonyl (C=O) groups excluding carboxylic acids is 3. The topological polar surface area (TPSA) is 81.7 Å². The number of benzene rings is 1. The molecule has 1 aromatic carbocycles. The largest absolute Gasteiger partial charge is 0.465 e. The third kappa shape index (κ3) is 2.50. The molecular formula is C17H17NO5. The van der Waals surface area contributed by atoms with Gasteiger partial charge in [0, 0.05) is 12.3 Å². The van der Waals surface area contributed by atoms with Crippen LogP contribution in [0.25, 0.3) is 0 Å². The molecule has 0 bridgehead atoms. The van der Waals surface area contributed by atoms with E-state index in [0.29, 0.717) is 16.8 Å². The van der Waals surface area contributed by atoms with Gasteiger partial charge >= 0.3 is 11.9 Å². The van der Waals surface area contributed by atoms with Gasteiger partial charge in [0.25, 0.3) is 0 Å². The number of hydrogen-bond donors (Lipinski definition) is 1. The molecular weight excluding hydrogens is 298 g/mol. The van der Waals surface area contributed by atoms with Gasteiger partial charge < -0.3 is 14.8 Å². The molecule has 2 aliphatic heterocycles. The van der Waals surface area contributed by atoms with Gasteiger partial charge in [-0.2, -0.15) is 0 Å². The second kappa shape index (κ2) is 5.22. The molecule has 6 nitrogen and oxygen atoms in total. The van der Waals surface area contributed by atoms with Gasteiger partial charge in [0.2, 0.25) is 5.91 Å². The Morgan fingerprint density at radius 2 is 1.91 bits per heavy atom. The number of carbonyl (C=O) groups is 3. The highest BCUT2D eigenvalue weighted by atomic mass is 16.6. The van der Waals surface area contributed by atoms with Crippen molar-refractivity contribution in [2.75, 3.05) is 7.11 Å². The number of rotatable bonds is 2. The smallest absolute Gasteiger partial charge is 0.337 e. The first-order chi connectivity index (χ1) is 10.8. The number of cyclic esters (lactones) is 1. The number of methoxy groups -OCH3 is 1. The maximum atomic E-state index is 12.2. The van der Waals surface area contributed by atoms with Crippen molar-refractivity contribution in [1.82, 2.24) is 5.32 Å². The summed E-state index contributed by atoms with van der Waals surface area (Å²) in [7, 11) is 1.31. The number of amides is 1. The summed E-state index contributed by atoms with van der Waals surface area (Å²) in [6.45, 7) is 3.49. The van der Waals surface area contributed by atoms with Gasteiger partial charge in [0.15, 0.2) is 0 Å². The second-order valence-corrected chi connectivity index (χ2v) is 6.11. The Morgan fingerprint density at radius 3 is 2.52 bits per heavy atom. The molecule has 0 fully saturated rings. The van der Waals surface area contributed by atoms with Crippen molar-refractivity contribution < 1.29 is 23.9 Å². The Morgan fingerprint density at radius 1 is 1.26 bits per heavy atom. The van der Waals surface area contributed by atoms with E-state index < -0.39 is 17.5 Å². The van der Waals surface area contributed by atoms with Crippen LogP contribution in [0.4, 0.5) is 0 Å². The predicted molar refractivity (Wildman–Crippen MR) is 80.5 cm³/mol.